The average Bonchev–Trinajstić information content (AvgIpc) is 3.65. The third-order valence-electron chi connectivity index (χ3n) is 5.76. The van der Waals surface area contributed by atoms with Gasteiger partial charge >= 0.3 is 0 Å². The number of anilines is 2. The van der Waals surface area contributed by atoms with Crippen LogP contribution >= 0.6 is 0 Å². The zero-order valence-electron chi connectivity index (χ0n) is 18.2. The molecule has 8 heteroatoms. The highest BCUT2D eigenvalue weighted by Crippen LogP contribution is 2.31. The van der Waals surface area contributed by atoms with Gasteiger partial charge in [-0.05, 0) is 61.4 Å². The molecule has 0 spiro atoms. The van der Waals surface area contributed by atoms with Crippen LogP contribution in [-0.4, -0.2) is 67.4 Å². The Kier molecular flexibility index (Phi) is 6.70. The maximum Gasteiger partial charge on any atom is 0.255 e. The Balaban J connectivity index is 1.22. The SMILES string of the molecule is COc1ccc(NC(=O)c2ccc(NC(=O)CN3CCN(C(=O)C4CC4)CC3)cc2)cc1. The molecule has 32 heavy (non-hydrogen) atoms. The summed E-state index contributed by atoms with van der Waals surface area (Å²) in [6.45, 7) is 3.05. The number of amides is 3. The van der Waals surface area contributed by atoms with Crippen LogP contribution in [0.3, 0.4) is 0 Å². The van der Waals surface area contributed by atoms with Crippen molar-refractivity contribution in [2.45, 2.75) is 12.8 Å². The van der Waals surface area contributed by atoms with E-state index >= 15 is 0 Å². The lowest BCUT2D eigenvalue weighted by atomic mass is 10.2. The van der Waals surface area contributed by atoms with E-state index < -0.39 is 0 Å². The molecule has 0 atom stereocenters. The lowest BCUT2D eigenvalue weighted by molar-refractivity contribution is -0.134. The summed E-state index contributed by atoms with van der Waals surface area (Å²) in [5.41, 5.74) is 1.81. The van der Waals surface area contributed by atoms with Crippen LogP contribution in [0.25, 0.3) is 0 Å². The Morgan fingerprint density at radius 3 is 2.06 bits per heavy atom. The quantitative estimate of drug-likeness (QED) is 0.696. The summed E-state index contributed by atoms with van der Waals surface area (Å²) in [5.74, 6) is 0.891. The fourth-order valence-electron chi connectivity index (χ4n) is 3.70. The number of nitrogens with zero attached hydrogens (tertiary/aromatic N) is 2. The first-order valence-electron chi connectivity index (χ1n) is 10.9. The molecule has 0 aromatic heterocycles. The summed E-state index contributed by atoms with van der Waals surface area (Å²) >= 11 is 0. The van der Waals surface area contributed by atoms with Gasteiger partial charge in [0.1, 0.15) is 5.75 Å². The minimum absolute atomic E-state index is 0.109. The molecule has 1 heterocycles. The lowest BCUT2D eigenvalue weighted by Crippen LogP contribution is -2.50. The predicted molar refractivity (Wildman–Crippen MR) is 122 cm³/mol. The molecule has 8 nitrogen and oxygen atoms in total. The van der Waals surface area contributed by atoms with Crippen LogP contribution in [0.15, 0.2) is 48.5 Å². The van der Waals surface area contributed by atoms with E-state index in [2.05, 4.69) is 15.5 Å². The average molecular weight is 437 g/mol. The monoisotopic (exact) mass is 436 g/mol. The Morgan fingerprint density at radius 2 is 1.47 bits per heavy atom. The second kappa shape index (κ2) is 9.82. The van der Waals surface area contributed by atoms with Gasteiger partial charge in [0.25, 0.3) is 5.91 Å². The van der Waals surface area contributed by atoms with Crippen molar-refractivity contribution in [3.05, 3.63) is 54.1 Å². The highest BCUT2D eigenvalue weighted by atomic mass is 16.5. The number of nitrogens with one attached hydrogen (secondary N) is 2. The van der Waals surface area contributed by atoms with E-state index in [4.69, 9.17) is 4.74 Å². The van der Waals surface area contributed by atoms with Crippen molar-refractivity contribution in [3.8, 4) is 5.75 Å². The number of piperazine rings is 1. The molecule has 0 unspecified atom stereocenters. The van der Waals surface area contributed by atoms with Crippen LogP contribution in [0.1, 0.15) is 23.2 Å². The number of carbonyl (C=O) groups excluding carboxylic acids is 3. The minimum Gasteiger partial charge on any atom is -0.497 e. The van der Waals surface area contributed by atoms with Crippen molar-refractivity contribution in [1.82, 2.24) is 9.80 Å². The standard InChI is InChI=1S/C24H28N4O4/c1-32-21-10-8-20(9-11-21)26-23(30)17-4-6-19(7-5-17)25-22(29)16-27-12-14-28(15-13-27)24(31)18-2-3-18/h4-11,18H,2-3,12-16H2,1H3,(H,25,29)(H,26,30). The van der Waals surface area contributed by atoms with Crippen LogP contribution < -0.4 is 15.4 Å². The zero-order chi connectivity index (χ0) is 22.5. The fraction of sp³-hybridized carbons (Fsp3) is 0.375. The van der Waals surface area contributed by atoms with Crippen molar-refractivity contribution in [2.75, 3.05) is 50.5 Å². The third kappa shape index (κ3) is 5.64. The Bertz CT molecular complexity index is 962. The molecule has 2 fully saturated rings. The van der Waals surface area contributed by atoms with E-state index in [0.29, 0.717) is 43.1 Å². The van der Waals surface area contributed by atoms with Crippen LogP contribution in [-0.2, 0) is 9.59 Å². The number of rotatable bonds is 7. The topological polar surface area (TPSA) is 91.0 Å². The summed E-state index contributed by atoms with van der Waals surface area (Å²) in [4.78, 5) is 40.9. The highest BCUT2D eigenvalue weighted by molar-refractivity contribution is 6.04. The van der Waals surface area contributed by atoms with Gasteiger partial charge in [-0.15, -0.1) is 0 Å². The van der Waals surface area contributed by atoms with Gasteiger partial charge in [-0.2, -0.15) is 0 Å². The van der Waals surface area contributed by atoms with Crippen LogP contribution in [0, 0.1) is 5.92 Å². The normalized spacial score (nSPS) is 16.3. The molecule has 168 valence electrons. The van der Waals surface area contributed by atoms with E-state index in [-0.39, 0.29) is 30.2 Å². The number of carbonyl (C=O) groups is 3. The molecule has 2 N–H and O–H groups in total. The number of ether oxygens (including phenoxy) is 1. The van der Waals surface area contributed by atoms with Crippen molar-refractivity contribution in [3.63, 3.8) is 0 Å². The van der Waals surface area contributed by atoms with Crippen molar-refractivity contribution in [2.24, 2.45) is 5.92 Å². The van der Waals surface area contributed by atoms with Gasteiger partial charge in [-0.3, -0.25) is 19.3 Å². The smallest absolute Gasteiger partial charge is 0.255 e. The van der Waals surface area contributed by atoms with E-state index in [0.717, 1.165) is 18.6 Å². The van der Waals surface area contributed by atoms with Gasteiger partial charge in [0.15, 0.2) is 0 Å². The second-order valence-corrected chi connectivity index (χ2v) is 8.18. The number of hydrogen-bond donors (Lipinski definition) is 2. The molecule has 1 aliphatic carbocycles. The number of methoxy groups -OCH3 is 1. The minimum atomic E-state index is -0.230. The van der Waals surface area contributed by atoms with Gasteiger partial charge in [0, 0.05) is 49.0 Å². The molecular formula is C24H28N4O4. The first-order chi connectivity index (χ1) is 15.5. The van der Waals surface area contributed by atoms with Gasteiger partial charge in [-0.25, -0.2) is 0 Å². The maximum atomic E-state index is 12.4. The van der Waals surface area contributed by atoms with Crippen molar-refractivity contribution in [1.29, 1.82) is 0 Å². The zero-order valence-corrected chi connectivity index (χ0v) is 18.2. The fourth-order valence-corrected chi connectivity index (χ4v) is 3.70. The summed E-state index contributed by atoms with van der Waals surface area (Å²) in [6, 6.07) is 13.9. The summed E-state index contributed by atoms with van der Waals surface area (Å²) < 4.78 is 5.11. The molecule has 0 radical (unpaired) electrons. The number of hydrogen-bond acceptors (Lipinski definition) is 5. The molecule has 2 aromatic carbocycles. The molecule has 1 saturated heterocycles. The molecule has 2 aromatic rings. The van der Waals surface area contributed by atoms with Crippen LogP contribution in [0.2, 0.25) is 0 Å². The van der Waals surface area contributed by atoms with Gasteiger partial charge in [-0.1, -0.05) is 0 Å². The molecular weight excluding hydrogens is 408 g/mol. The van der Waals surface area contributed by atoms with E-state index in [1.54, 1.807) is 55.6 Å². The lowest BCUT2D eigenvalue weighted by Gasteiger charge is -2.34. The Labute approximate surface area is 187 Å². The van der Waals surface area contributed by atoms with E-state index in [1.807, 2.05) is 4.90 Å². The van der Waals surface area contributed by atoms with Crippen LogP contribution in [0.5, 0.6) is 5.75 Å². The van der Waals surface area contributed by atoms with Gasteiger partial charge in [0.2, 0.25) is 11.8 Å². The van der Waals surface area contributed by atoms with E-state index in [9.17, 15) is 14.4 Å². The first kappa shape index (κ1) is 21.8. The molecule has 0 bridgehead atoms. The maximum absolute atomic E-state index is 12.4. The van der Waals surface area contributed by atoms with Gasteiger partial charge < -0.3 is 20.3 Å². The summed E-state index contributed by atoms with van der Waals surface area (Å²) in [6.07, 6.45) is 2.03. The summed E-state index contributed by atoms with van der Waals surface area (Å²) in [5, 5.41) is 5.70. The molecule has 4 rings (SSSR count). The van der Waals surface area contributed by atoms with Crippen LogP contribution in [0.4, 0.5) is 11.4 Å². The second-order valence-electron chi connectivity index (χ2n) is 8.18. The Morgan fingerprint density at radius 1 is 0.875 bits per heavy atom. The Hall–Kier alpha value is -3.39. The molecule has 3 amide bonds. The first-order valence-corrected chi connectivity index (χ1v) is 10.9. The summed E-state index contributed by atoms with van der Waals surface area (Å²) in [7, 11) is 1.59. The van der Waals surface area contributed by atoms with Crippen molar-refractivity contribution >= 4 is 29.1 Å². The highest BCUT2D eigenvalue weighted by Gasteiger charge is 2.34. The third-order valence-corrected chi connectivity index (χ3v) is 5.76. The largest absolute Gasteiger partial charge is 0.497 e. The predicted octanol–water partition coefficient (Wildman–Crippen LogP) is 2.44. The van der Waals surface area contributed by atoms with Gasteiger partial charge in [0.05, 0.1) is 13.7 Å². The van der Waals surface area contributed by atoms with Crippen molar-refractivity contribution < 1.29 is 19.1 Å². The molecule has 2 aliphatic rings. The van der Waals surface area contributed by atoms with E-state index in [1.165, 1.54) is 0 Å². The molecule has 1 aliphatic heterocycles. The number of benzene rings is 2. The molecule has 1 saturated carbocycles.